The molecule has 0 saturated carbocycles. The molecule has 2 aromatic rings. The minimum Gasteiger partial charge on any atom is -0.439 e. The molecule has 26 heavy (non-hydrogen) atoms. The van der Waals surface area contributed by atoms with Crippen LogP contribution in [0.25, 0.3) is 0 Å². The topological polar surface area (TPSA) is 64.5 Å². The zero-order chi connectivity index (χ0) is 18.4. The molecule has 6 heteroatoms. The van der Waals surface area contributed by atoms with Crippen LogP contribution in [-0.4, -0.2) is 47.6 Å². The Labute approximate surface area is 154 Å². The highest BCUT2D eigenvalue weighted by molar-refractivity contribution is 5.76. The Hall–Kier alpha value is -2.47. The van der Waals surface area contributed by atoms with E-state index in [0.29, 0.717) is 25.5 Å². The van der Waals surface area contributed by atoms with Gasteiger partial charge in [-0.25, -0.2) is 4.98 Å². The number of hydrogen-bond acceptors (Lipinski definition) is 5. The van der Waals surface area contributed by atoms with Crippen molar-refractivity contribution in [2.45, 2.75) is 32.1 Å². The van der Waals surface area contributed by atoms with Gasteiger partial charge in [-0.3, -0.25) is 4.79 Å². The molecule has 0 unspecified atom stereocenters. The van der Waals surface area contributed by atoms with Crippen LogP contribution in [0.3, 0.4) is 0 Å². The van der Waals surface area contributed by atoms with E-state index in [1.807, 2.05) is 48.2 Å². The summed E-state index contributed by atoms with van der Waals surface area (Å²) in [6.45, 7) is 3.83. The summed E-state index contributed by atoms with van der Waals surface area (Å²) in [5.74, 6) is 2.30. The maximum atomic E-state index is 12.3. The molecule has 0 aliphatic carbocycles. The molecule has 0 radical (unpaired) electrons. The Morgan fingerprint density at radius 1 is 1.27 bits per heavy atom. The van der Waals surface area contributed by atoms with Crippen molar-refractivity contribution < 1.29 is 14.3 Å². The van der Waals surface area contributed by atoms with E-state index in [2.05, 4.69) is 9.97 Å². The normalized spacial score (nSPS) is 17.2. The van der Waals surface area contributed by atoms with Crippen molar-refractivity contribution in [1.29, 1.82) is 0 Å². The molecule has 1 aliphatic rings. The maximum absolute atomic E-state index is 12.3. The van der Waals surface area contributed by atoms with Gasteiger partial charge in [-0.15, -0.1) is 0 Å². The zero-order valence-electron chi connectivity index (χ0n) is 15.4. The van der Waals surface area contributed by atoms with Crippen LogP contribution in [0, 0.1) is 6.92 Å². The first-order chi connectivity index (χ1) is 12.7. The highest BCUT2D eigenvalue weighted by Gasteiger charge is 2.26. The van der Waals surface area contributed by atoms with Gasteiger partial charge in [0.25, 0.3) is 0 Å². The van der Waals surface area contributed by atoms with Gasteiger partial charge in [-0.2, -0.15) is 4.98 Å². The van der Waals surface area contributed by atoms with Crippen LogP contribution in [0.2, 0.25) is 0 Å². The molecular formula is C20H25N3O3. The first-order valence-corrected chi connectivity index (χ1v) is 9.01. The lowest BCUT2D eigenvalue weighted by molar-refractivity contribution is -0.133. The van der Waals surface area contributed by atoms with E-state index in [1.54, 1.807) is 7.11 Å². The van der Waals surface area contributed by atoms with Crippen molar-refractivity contribution in [3.63, 3.8) is 0 Å². The molecule has 1 aromatic heterocycles. The Morgan fingerprint density at radius 2 is 2.08 bits per heavy atom. The minimum absolute atomic E-state index is 0.130. The first kappa shape index (κ1) is 18.3. The number of carbonyl (C=O) groups excluding carboxylic acids is 1. The van der Waals surface area contributed by atoms with E-state index in [0.717, 1.165) is 36.7 Å². The number of nitrogens with zero attached hydrogens (tertiary/aromatic N) is 3. The summed E-state index contributed by atoms with van der Waals surface area (Å²) in [5, 5.41) is 0. The number of para-hydroxylation sites is 1. The summed E-state index contributed by atoms with van der Waals surface area (Å²) in [7, 11) is 1.61. The molecule has 0 bridgehead atoms. The van der Waals surface area contributed by atoms with Gasteiger partial charge in [0.05, 0.1) is 13.0 Å². The number of amides is 1. The van der Waals surface area contributed by atoms with Gasteiger partial charge in [-0.1, -0.05) is 18.2 Å². The molecule has 0 N–H and O–H groups in total. The second-order valence-corrected chi connectivity index (χ2v) is 6.54. The number of piperidine rings is 1. The number of aromatic nitrogens is 2. The molecule has 1 aromatic carbocycles. The van der Waals surface area contributed by atoms with E-state index in [1.165, 1.54) is 0 Å². The quantitative estimate of drug-likeness (QED) is 0.795. The number of hydrogen-bond donors (Lipinski definition) is 0. The lowest BCUT2D eigenvalue weighted by atomic mass is 9.96. The van der Waals surface area contributed by atoms with E-state index in [4.69, 9.17) is 9.47 Å². The molecule has 0 spiro atoms. The van der Waals surface area contributed by atoms with Gasteiger partial charge in [0.2, 0.25) is 11.8 Å². The molecule has 1 aliphatic heterocycles. The lowest BCUT2D eigenvalue weighted by Crippen LogP contribution is -2.39. The van der Waals surface area contributed by atoms with Gasteiger partial charge < -0.3 is 14.4 Å². The minimum atomic E-state index is 0.130. The smallest absolute Gasteiger partial charge is 0.224 e. The van der Waals surface area contributed by atoms with Crippen molar-refractivity contribution >= 4 is 5.91 Å². The molecule has 1 amide bonds. The summed E-state index contributed by atoms with van der Waals surface area (Å²) in [5.41, 5.74) is 0.865. The zero-order valence-corrected chi connectivity index (χ0v) is 15.4. The van der Waals surface area contributed by atoms with Crippen LogP contribution in [-0.2, 0) is 9.53 Å². The van der Waals surface area contributed by atoms with Crippen molar-refractivity contribution in [3.05, 3.63) is 47.9 Å². The molecule has 2 heterocycles. The number of methoxy groups -OCH3 is 1. The fraction of sp³-hybridized carbons (Fsp3) is 0.450. The SMILES string of the molecule is COCCC(=O)N1CCC[C@@H](c2nc(C)cc(Oc3ccccc3)n2)C1. The van der Waals surface area contributed by atoms with Crippen molar-refractivity contribution in [2.75, 3.05) is 26.8 Å². The van der Waals surface area contributed by atoms with Crippen LogP contribution < -0.4 is 4.74 Å². The van der Waals surface area contributed by atoms with Crippen LogP contribution in [0.4, 0.5) is 0 Å². The van der Waals surface area contributed by atoms with E-state index in [9.17, 15) is 4.79 Å². The van der Waals surface area contributed by atoms with Gasteiger partial charge in [0.1, 0.15) is 11.6 Å². The average Bonchev–Trinajstić information content (AvgIpc) is 2.66. The van der Waals surface area contributed by atoms with E-state index < -0.39 is 0 Å². The van der Waals surface area contributed by atoms with Gasteiger partial charge in [-0.05, 0) is 31.9 Å². The molecule has 1 fully saturated rings. The highest BCUT2D eigenvalue weighted by Crippen LogP contribution is 2.27. The third-order valence-corrected chi connectivity index (χ3v) is 4.47. The van der Waals surface area contributed by atoms with Crippen LogP contribution >= 0.6 is 0 Å². The first-order valence-electron chi connectivity index (χ1n) is 9.01. The number of likely N-dealkylation sites (tertiary alicyclic amines) is 1. The number of ether oxygens (including phenoxy) is 2. The van der Waals surface area contributed by atoms with Gasteiger partial charge >= 0.3 is 0 Å². The summed E-state index contributed by atoms with van der Waals surface area (Å²) in [6.07, 6.45) is 2.35. The molecule has 1 atom stereocenters. The second kappa shape index (κ2) is 8.76. The Bertz CT molecular complexity index is 736. The summed E-state index contributed by atoms with van der Waals surface area (Å²) < 4.78 is 10.9. The summed E-state index contributed by atoms with van der Waals surface area (Å²) in [4.78, 5) is 23.4. The summed E-state index contributed by atoms with van der Waals surface area (Å²) in [6, 6.07) is 11.4. The van der Waals surface area contributed by atoms with Crippen LogP contribution in [0.1, 0.15) is 36.7 Å². The van der Waals surface area contributed by atoms with Crippen molar-refractivity contribution in [2.24, 2.45) is 0 Å². The monoisotopic (exact) mass is 355 g/mol. The molecule has 1 saturated heterocycles. The van der Waals surface area contributed by atoms with Crippen LogP contribution in [0.15, 0.2) is 36.4 Å². The fourth-order valence-electron chi connectivity index (χ4n) is 3.17. The number of carbonyl (C=O) groups is 1. The lowest BCUT2D eigenvalue weighted by Gasteiger charge is -2.32. The fourth-order valence-corrected chi connectivity index (χ4v) is 3.17. The molecule has 6 nitrogen and oxygen atoms in total. The standard InChI is InChI=1S/C20H25N3O3/c1-15-13-18(26-17-8-4-3-5-9-17)22-20(21-15)16-7-6-11-23(14-16)19(24)10-12-25-2/h3-5,8-9,13,16H,6-7,10-12,14H2,1-2H3/t16-/m1/s1. The predicted octanol–water partition coefficient (Wildman–Crippen LogP) is 3.32. The largest absolute Gasteiger partial charge is 0.439 e. The third kappa shape index (κ3) is 4.79. The molecule has 3 rings (SSSR count). The molecular weight excluding hydrogens is 330 g/mol. The maximum Gasteiger partial charge on any atom is 0.224 e. The van der Waals surface area contributed by atoms with E-state index >= 15 is 0 Å². The van der Waals surface area contributed by atoms with Crippen molar-refractivity contribution in [3.8, 4) is 11.6 Å². The van der Waals surface area contributed by atoms with Crippen molar-refractivity contribution in [1.82, 2.24) is 14.9 Å². The Morgan fingerprint density at radius 3 is 2.85 bits per heavy atom. The van der Waals surface area contributed by atoms with Gasteiger partial charge in [0, 0.05) is 37.9 Å². The number of benzene rings is 1. The van der Waals surface area contributed by atoms with Gasteiger partial charge in [0.15, 0.2) is 0 Å². The predicted molar refractivity (Wildman–Crippen MR) is 98.3 cm³/mol. The number of aryl methyl sites for hydroxylation is 1. The number of rotatable bonds is 6. The average molecular weight is 355 g/mol. The Balaban J connectivity index is 1.72. The summed E-state index contributed by atoms with van der Waals surface area (Å²) >= 11 is 0. The second-order valence-electron chi connectivity index (χ2n) is 6.54. The van der Waals surface area contributed by atoms with E-state index in [-0.39, 0.29) is 11.8 Å². The highest BCUT2D eigenvalue weighted by atomic mass is 16.5. The Kier molecular flexibility index (Phi) is 6.17. The third-order valence-electron chi connectivity index (χ3n) is 4.47. The van der Waals surface area contributed by atoms with Crippen LogP contribution in [0.5, 0.6) is 11.6 Å². The molecule has 138 valence electrons.